The molecule has 0 saturated carbocycles. The van der Waals surface area contributed by atoms with Crippen LogP contribution in [0.5, 0.6) is 0 Å². The van der Waals surface area contributed by atoms with Crippen LogP contribution in [-0.4, -0.2) is 17.5 Å². The first-order valence-corrected chi connectivity index (χ1v) is 6.25. The van der Waals surface area contributed by atoms with E-state index in [9.17, 15) is 4.79 Å². The fraction of sp³-hybridized carbons (Fsp3) is 0.857. The molecule has 4 heteroatoms. The highest BCUT2D eigenvalue weighted by Gasteiger charge is 1.88. The smallest absolute Gasteiger partial charge is 0.217 e. The average molecular weight is 197 g/mol. The van der Waals surface area contributed by atoms with Crippen LogP contribution in [-0.2, 0) is 4.79 Å². The second-order valence-electron chi connectivity index (χ2n) is 1.40. The Morgan fingerprint density at radius 1 is 1.45 bits per heavy atom. The predicted octanol–water partition coefficient (Wildman–Crippen LogP) is 2.75. The van der Waals surface area contributed by atoms with Gasteiger partial charge in [0.15, 0.2) is 0 Å². The number of hydrogen-bond acceptors (Lipinski definition) is 3. The second kappa shape index (κ2) is 12.8. The number of carbonyl (C=O) groups excluding carboxylic acids is 1. The minimum Gasteiger partial charge on any atom is -0.346 e. The van der Waals surface area contributed by atoms with Crippen molar-refractivity contribution in [1.82, 2.24) is 5.32 Å². The minimum atomic E-state index is 0. The lowest BCUT2D eigenvalue weighted by atomic mass is 10.7. The molecule has 0 atom stereocenters. The highest BCUT2D eigenvalue weighted by atomic mass is 33.1. The van der Waals surface area contributed by atoms with E-state index in [4.69, 9.17) is 0 Å². The molecule has 11 heavy (non-hydrogen) atoms. The maximum absolute atomic E-state index is 10.3. The third-order valence-electron chi connectivity index (χ3n) is 0.581. The SMILES string of the molecule is CC.CCSSCNC(C)=O.[HH]. The van der Waals surface area contributed by atoms with Crippen LogP contribution in [0.2, 0.25) is 0 Å². The number of hydrogen-bond donors (Lipinski definition) is 1. The summed E-state index contributed by atoms with van der Waals surface area (Å²) in [6, 6.07) is 0. The summed E-state index contributed by atoms with van der Waals surface area (Å²) in [4.78, 5) is 10.3. The van der Waals surface area contributed by atoms with Gasteiger partial charge in [-0.2, -0.15) is 0 Å². The molecular formula is C7H19NOS2. The molecule has 0 aromatic rings. The summed E-state index contributed by atoms with van der Waals surface area (Å²) in [6.45, 7) is 7.61. The molecule has 0 unspecified atom stereocenters. The minimum absolute atomic E-state index is 0. The lowest BCUT2D eigenvalue weighted by molar-refractivity contribution is -0.118. The monoisotopic (exact) mass is 197 g/mol. The first-order valence-electron chi connectivity index (χ1n) is 3.76. The molecule has 0 aliphatic heterocycles. The summed E-state index contributed by atoms with van der Waals surface area (Å²) in [5.74, 6) is 1.84. The van der Waals surface area contributed by atoms with Crippen molar-refractivity contribution >= 4 is 27.5 Å². The van der Waals surface area contributed by atoms with Crippen LogP contribution in [0.1, 0.15) is 29.1 Å². The Balaban J connectivity index is -0.000000249. The van der Waals surface area contributed by atoms with Gasteiger partial charge in [-0.25, -0.2) is 0 Å². The normalized spacial score (nSPS) is 8.00. The maximum Gasteiger partial charge on any atom is 0.217 e. The average Bonchev–Trinajstić information content (AvgIpc) is 2.02. The van der Waals surface area contributed by atoms with Gasteiger partial charge in [-0.3, -0.25) is 4.79 Å². The Kier molecular flexibility index (Phi) is 16.0. The van der Waals surface area contributed by atoms with Crippen LogP contribution in [0, 0.1) is 0 Å². The Bertz CT molecular complexity index is 93.5. The van der Waals surface area contributed by atoms with Gasteiger partial charge in [-0.15, -0.1) is 0 Å². The van der Waals surface area contributed by atoms with Crippen molar-refractivity contribution < 1.29 is 6.22 Å². The van der Waals surface area contributed by atoms with Crippen molar-refractivity contribution in [3.63, 3.8) is 0 Å². The van der Waals surface area contributed by atoms with E-state index in [1.807, 2.05) is 13.8 Å². The van der Waals surface area contributed by atoms with Gasteiger partial charge in [-0.05, 0) is 0 Å². The van der Waals surface area contributed by atoms with Crippen molar-refractivity contribution in [2.24, 2.45) is 0 Å². The van der Waals surface area contributed by atoms with Gasteiger partial charge < -0.3 is 5.32 Å². The van der Waals surface area contributed by atoms with Crippen LogP contribution in [0.25, 0.3) is 0 Å². The van der Waals surface area contributed by atoms with Gasteiger partial charge in [0.25, 0.3) is 0 Å². The van der Waals surface area contributed by atoms with Gasteiger partial charge in [-0.1, -0.05) is 42.4 Å². The zero-order chi connectivity index (χ0) is 9.11. The molecule has 1 N–H and O–H groups in total. The first kappa shape index (κ1) is 13.7. The zero-order valence-corrected chi connectivity index (χ0v) is 9.27. The summed E-state index contributed by atoms with van der Waals surface area (Å²) in [5, 5.41) is 2.68. The summed E-state index contributed by atoms with van der Waals surface area (Å²) in [7, 11) is 3.42. The maximum atomic E-state index is 10.3. The third-order valence-corrected chi connectivity index (χ3v) is 2.81. The fourth-order valence-corrected chi connectivity index (χ4v) is 1.70. The molecule has 0 aromatic carbocycles. The highest BCUT2D eigenvalue weighted by Crippen LogP contribution is 2.17. The third kappa shape index (κ3) is 17.8. The molecule has 2 nitrogen and oxygen atoms in total. The molecule has 1 amide bonds. The van der Waals surface area contributed by atoms with E-state index in [1.165, 1.54) is 6.92 Å². The summed E-state index contributed by atoms with van der Waals surface area (Å²) >= 11 is 0. The number of rotatable bonds is 4. The predicted molar refractivity (Wildman–Crippen MR) is 57.9 cm³/mol. The van der Waals surface area contributed by atoms with Gasteiger partial charge in [0.1, 0.15) is 0 Å². The summed E-state index contributed by atoms with van der Waals surface area (Å²) < 4.78 is 0. The molecule has 0 rings (SSSR count). The van der Waals surface area contributed by atoms with Crippen molar-refractivity contribution in [3.8, 4) is 0 Å². The van der Waals surface area contributed by atoms with Gasteiger partial charge in [0.2, 0.25) is 5.91 Å². The molecule has 70 valence electrons. The highest BCUT2D eigenvalue weighted by molar-refractivity contribution is 8.76. The van der Waals surface area contributed by atoms with E-state index >= 15 is 0 Å². The number of nitrogens with one attached hydrogen (secondary N) is 1. The largest absolute Gasteiger partial charge is 0.346 e. The van der Waals surface area contributed by atoms with Crippen LogP contribution in [0.4, 0.5) is 0 Å². The van der Waals surface area contributed by atoms with Gasteiger partial charge in [0, 0.05) is 14.1 Å². The van der Waals surface area contributed by atoms with Crippen molar-refractivity contribution in [2.45, 2.75) is 27.7 Å². The van der Waals surface area contributed by atoms with Crippen molar-refractivity contribution in [3.05, 3.63) is 0 Å². The molecule has 0 spiro atoms. The standard InChI is InChI=1S/C5H11NOS2.C2H6.H2/c1-3-8-9-4-6-5(2)7;1-2;/h3-4H2,1-2H3,(H,6,7);1-2H3;1H. The summed E-state index contributed by atoms with van der Waals surface area (Å²) in [6.07, 6.45) is 0. The van der Waals surface area contributed by atoms with E-state index in [1.54, 1.807) is 21.6 Å². The quantitative estimate of drug-likeness (QED) is 0.427. The van der Waals surface area contributed by atoms with Crippen LogP contribution < -0.4 is 5.32 Å². The van der Waals surface area contributed by atoms with E-state index in [0.29, 0.717) is 5.88 Å². The van der Waals surface area contributed by atoms with Crippen LogP contribution in [0.3, 0.4) is 0 Å². The Labute approximate surface area is 78.8 Å². The second-order valence-corrected chi connectivity index (χ2v) is 4.15. The number of amides is 1. The zero-order valence-electron chi connectivity index (χ0n) is 7.64. The molecular weight excluding hydrogens is 178 g/mol. The van der Waals surface area contributed by atoms with E-state index in [2.05, 4.69) is 12.2 Å². The van der Waals surface area contributed by atoms with E-state index < -0.39 is 0 Å². The Hall–Kier alpha value is 0.170. The molecule has 0 aromatic heterocycles. The lowest BCUT2D eigenvalue weighted by Crippen LogP contribution is -2.17. The fourth-order valence-electron chi connectivity index (χ4n) is 0.256. The molecule has 0 aliphatic carbocycles. The topological polar surface area (TPSA) is 29.1 Å². The van der Waals surface area contributed by atoms with Crippen LogP contribution >= 0.6 is 21.6 Å². The molecule has 0 radical (unpaired) electrons. The van der Waals surface area contributed by atoms with E-state index in [0.717, 1.165) is 5.75 Å². The molecule has 0 fully saturated rings. The van der Waals surface area contributed by atoms with Gasteiger partial charge >= 0.3 is 0 Å². The first-order chi connectivity index (χ1) is 5.27. The Morgan fingerprint density at radius 3 is 2.36 bits per heavy atom. The number of carbonyl (C=O) groups is 1. The van der Waals surface area contributed by atoms with Crippen LogP contribution in [0.15, 0.2) is 0 Å². The molecule has 0 heterocycles. The molecule has 0 aliphatic rings. The van der Waals surface area contributed by atoms with Crippen molar-refractivity contribution in [2.75, 3.05) is 11.6 Å². The van der Waals surface area contributed by atoms with Gasteiger partial charge in [0.05, 0.1) is 5.88 Å². The van der Waals surface area contributed by atoms with E-state index in [-0.39, 0.29) is 7.33 Å². The molecule has 0 bridgehead atoms. The molecule has 0 saturated heterocycles. The van der Waals surface area contributed by atoms with Crippen molar-refractivity contribution in [1.29, 1.82) is 0 Å². The summed E-state index contributed by atoms with van der Waals surface area (Å²) in [5.41, 5.74) is 0. The Morgan fingerprint density at radius 2 is 2.00 bits per heavy atom. The lowest BCUT2D eigenvalue weighted by Gasteiger charge is -1.97.